The Morgan fingerprint density at radius 1 is 1.04 bits per heavy atom. The lowest BCUT2D eigenvalue weighted by Gasteiger charge is -2.32. The van der Waals surface area contributed by atoms with Crippen LogP contribution in [-0.4, -0.2) is 26.6 Å². The molecule has 2 aromatic heterocycles. The number of aromatic nitrogens is 3. The molecule has 3 heterocycles. The number of aliphatic hydroxyl groups excluding tert-OH is 1. The molecule has 0 fully saturated rings. The first-order chi connectivity index (χ1) is 12.1. The molecule has 0 saturated heterocycles. The van der Waals surface area contributed by atoms with Gasteiger partial charge in [-0.25, -0.2) is 9.97 Å². The molecule has 5 heteroatoms. The fourth-order valence-electron chi connectivity index (χ4n) is 3.34. The monoisotopic (exact) mass is 332 g/mol. The second-order valence-electron chi connectivity index (χ2n) is 6.42. The number of fused-ring (bicyclic) bond motifs is 1. The van der Waals surface area contributed by atoms with Crippen molar-refractivity contribution in [2.45, 2.75) is 26.5 Å². The van der Waals surface area contributed by atoms with Crippen LogP contribution < -0.4 is 4.90 Å². The molecule has 126 valence electrons. The van der Waals surface area contributed by atoms with Crippen molar-refractivity contribution in [2.24, 2.45) is 0 Å². The van der Waals surface area contributed by atoms with Crippen molar-refractivity contribution in [3.8, 4) is 11.3 Å². The maximum Gasteiger partial charge on any atom is 0.226 e. The summed E-state index contributed by atoms with van der Waals surface area (Å²) in [4.78, 5) is 15.7. The zero-order chi connectivity index (χ0) is 17.4. The number of benzene rings is 1. The van der Waals surface area contributed by atoms with Crippen LogP contribution in [0.5, 0.6) is 0 Å². The lowest BCUT2D eigenvalue weighted by molar-refractivity contribution is 0.175. The number of hydrogen-bond acceptors (Lipinski definition) is 5. The highest BCUT2D eigenvalue weighted by molar-refractivity contribution is 5.63. The molecule has 3 aromatic rings. The molecule has 0 unspecified atom stereocenters. The number of pyridine rings is 1. The number of nitrogens with zero attached hydrogens (tertiary/aromatic N) is 4. The highest BCUT2D eigenvalue weighted by atomic mass is 16.3. The molecule has 25 heavy (non-hydrogen) atoms. The maximum absolute atomic E-state index is 10.4. The van der Waals surface area contributed by atoms with Gasteiger partial charge in [0.2, 0.25) is 5.95 Å². The van der Waals surface area contributed by atoms with Gasteiger partial charge in [-0.05, 0) is 43.2 Å². The highest BCUT2D eigenvalue weighted by Gasteiger charge is 2.25. The lowest BCUT2D eigenvalue weighted by Crippen LogP contribution is -2.34. The SMILES string of the molecule is Cc1ccc(-c2ccnc(N3Cc4ccccc4[C@@H](O)C3)n2)c(C)n1. The van der Waals surface area contributed by atoms with Gasteiger partial charge < -0.3 is 10.0 Å². The fourth-order valence-corrected chi connectivity index (χ4v) is 3.34. The van der Waals surface area contributed by atoms with Gasteiger partial charge in [-0.1, -0.05) is 24.3 Å². The van der Waals surface area contributed by atoms with Crippen LogP contribution in [-0.2, 0) is 6.54 Å². The normalized spacial score (nSPS) is 16.6. The molecule has 0 aliphatic carbocycles. The van der Waals surface area contributed by atoms with Gasteiger partial charge in [-0.2, -0.15) is 0 Å². The van der Waals surface area contributed by atoms with E-state index in [9.17, 15) is 5.11 Å². The summed E-state index contributed by atoms with van der Waals surface area (Å²) in [5, 5.41) is 10.4. The molecule has 0 radical (unpaired) electrons. The smallest absolute Gasteiger partial charge is 0.226 e. The molecule has 5 nitrogen and oxygen atoms in total. The van der Waals surface area contributed by atoms with E-state index in [1.807, 2.05) is 61.2 Å². The maximum atomic E-state index is 10.4. The third kappa shape index (κ3) is 2.98. The molecule has 1 atom stereocenters. The minimum atomic E-state index is -0.528. The van der Waals surface area contributed by atoms with Crippen LogP contribution >= 0.6 is 0 Å². The van der Waals surface area contributed by atoms with Crippen molar-refractivity contribution in [3.63, 3.8) is 0 Å². The molecule has 0 amide bonds. The minimum Gasteiger partial charge on any atom is -0.387 e. The Bertz CT molecular complexity index is 925. The number of aryl methyl sites for hydroxylation is 2. The van der Waals surface area contributed by atoms with Crippen molar-refractivity contribution in [3.05, 3.63) is 71.2 Å². The van der Waals surface area contributed by atoms with E-state index in [-0.39, 0.29) is 0 Å². The van der Waals surface area contributed by atoms with Gasteiger partial charge in [0, 0.05) is 29.7 Å². The molecule has 0 saturated carbocycles. The van der Waals surface area contributed by atoms with Crippen LogP contribution in [0.4, 0.5) is 5.95 Å². The van der Waals surface area contributed by atoms with Crippen molar-refractivity contribution in [1.82, 2.24) is 15.0 Å². The Balaban J connectivity index is 1.69. The molecular weight excluding hydrogens is 312 g/mol. The average Bonchev–Trinajstić information content (AvgIpc) is 2.62. The van der Waals surface area contributed by atoms with Gasteiger partial charge in [0.15, 0.2) is 0 Å². The Labute approximate surface area is 147 Å². The largest absolute Gasteiger partial charge is 0.387 e. The predicted molar refractivity (Wildman–Crippen MR) is 97.2 cm³/mol. The first-order valence-electron chi connectivity index (χ1n) is 8.40. The zero-order valence-electron chi connectivity index (χ0n) is 14.3. The minimum absolute atomic E-state index is 0.492. The van der Waals surface area contributed by atoms with Crippen molar-refractivity contribution in [1.29, 1.82) is 0 Å². The summed E-state index contributed by atoms with van der Waals surface area (Å²) in [6.07, 6.45) is 1.24. The summed E-state index contributed by atoms with van der Waals surface area (Å²) in [5.41, 5.74) is 5.91. The number of anilines is 1. The number of aliphatic hydroxyl groups is 1. The molecule has 0 bridgehead atoms. The van der Waals surface area contributed by atoms with Crippen LogP contribution in [0.2, 0.25) is 0 Å². The summed E-state index contributed by atoms with van der Waals surface area (Å²) < 4.78 is 0. The van der Waals surface area contributed by atoms with Gasteiger partial charge in [0.1, 0.15) is 0 Å². The number of hydrogen-bond donors (Lipinski definition) is 1. The van der Waals surface area contributed by atoms with Crippen LogP contribution in [0.1, 0.15) is 28.6 Å². The molecule has 1 aliphatic rings. The molecule has 1 aromatic carbocycles. The first kappa shape index (κ1) is 15.7. The van der Waals surface area contributed by atoms with Gasteiger partial charge in [-0.3, -0.25) is 4.98 Å². The summed E-state index contributed by atoms with van der Waals surface area (Å²) in [7, 11) is 0. The summed E-state index contributed by atoms with van der Waals surface area (Å²) >= 11 is 0. The predicted octanol–water partition coefficient (Wildman–Crippen LogP) is 3.21. The third-order valence-electron chi connectivity index (χ3n) is 4.60. The van der Waals surface area contributed by atoms with Crippen LogP contribution in [0.25, 0.3) is 11.3 Å². The Morgan fingerprint density at radius 2 is 1.88 bits per heavy atom. The number of β-amino-alcohol motifs (C(OH)–C–C–N with tert-alkyl or cyclic N) is 1. The summed E-state index contributed by atoms with van der Waals surface area (Å²) in [6, 6.07) is 13.9. The van der Waals surface area contributed by atoms with E-state index >= 15 is 0 Å². The van der Waals surface area contributed by atoms with Crippen molar-refractivity contribution < 1.29 is 5.11 Å². The standard InChI is InChI=1S/C20H20N4O/c1-13-7-8-16(14(2)22-13)18-9-10-21-20(23-18)24-11-15-5-3-4-6-17(15)19(25)12-24/h3-10,19,25H,11-12H2,1-2H3/t19-/m0/s1. The second-order valence-corrected chi connectivity index (χ2v) is 6.42. The van der Waals surface area contributed by atoms with Gasteiger partial charge >= 0.3 is 0 Å². The van der Waals surface area contributed by atoms with E-state index in [0.717, 1.165) is 33.8 Å². The Morgan fingerprint density at radius 3 is 2.72 bits per heavy atom. The van der Waals surface area contributed by atoms with Crippen LogP contribution in [0, 0.1) is 13.8 Å². The summed E-state index contributed by atoms with van der Waals surface area (Å²) in [5.74, 6) is 0.631. The van der Waals surface area contributed by atoms with E-state index in [2.05, 4.69) is 9.97 Å². The quantitative estimate of drug-likeness (QED) is 0.781. The molecule has 1 aliphatic heterocycles. The second kappa shape index (κ2) is 6.26. The number of rotatable bonds is 2. The van der Waals surface area contributed by atoms with Gasteiger partial charge in [-0.15, -0.1) is 0 Å². The average molecular weight is 332 g/mol. The van der Waals surface area contributed by atoms with E-state index in [1.54, 1.807) is 6.20 Å². The topological polar surface area (TPSA) is 62.1 Å². The first-order valence-corrected chi connectivity index (χ1v) is 8.40. The van der Waals surface area contributed by atoms with E-state index in [4.69, 9.17) is 4.98 Å². The third-order valence-corrected chi connectivity index (χ3v) is 4.60. The zero-order valence-corrected chi connectivity index (χ0v) is 14.3. The fraction of sp³-hybridized carbons (Fsp3) is 0.250. The summed E-state index contributed by atoms with van der Waals surface area (Å²) in [6.45, 7) is 5.16. The van der Waals surface area contributed by atoms with E-state index in [0.29, 0.717) is 19.0 Å². The van der Waals surface area contributed by atoms with Crippen molar-refractivity contribution in [2.75, 3.05) is 11.4 Å². The van der Waals surface area contributed by atoms with Gasteiger partial charge in [0.05, 0.1) is 18.3 Å². The van der Waals surface area contributed by atoms with E-state index in [1.165, 1.54) is 0 Å². The molecular formula is C20H20N4O. The van der Waals surface area contributed by atoms with Crippen LogP contribution in [0.15, 0.2) is 48.7 Å². The highest BCUT2D eigenvalue weighted by Crippen LogP contribution is 2.29. The van der Waals surface area contributed by atoms with E-state index < -0.39 is 6.10 Å². The molecule has 4 rings (SSSR count). The van der Waals surface area contributed by atoms with Crippen molar-refractivity contribution >= 4 is 5.95 Å². The molecule has 0 spiro atoms. The van der Waals surface area contributed by atoms with Gasteiger partial charge in [0.25, 0.3) is 0 Å². The van der Waals surface area contributed by atoms with Crippen LogP contribution in [0.3, 0.4) is 0 Å². The Kier molecular flexibility index (Phi) is 3.93. The molecule has 1 N–H and O–H groups in total. The Hall–Kier alpha value is -2.79. The lowest BCUT2D eigenvalue weighted by atomic mass is 9.98.